The molecule has 0 N–H and O–H groups in total. The maximum atomic E-state index is 2.33. The molecule has 0 aliphatic heterocycles. The first-order chi connectivity index (χ1) is 12.7. The summed E-state index contributed by atoms with van der Waals surface area (Å²) in [6.45, 7) is 6.98. The third kappa shape index (κ3) is 21.7. The van der Waals surface area contributed by atoms with Crippen LogP contribution >= 0.6 is 0 Å². The summed E-state index contributed by atoms with van der Waals surface area (Å²) in [6.07, 6.45) is 31.4. The molecule has 0 aliphatic carbocycles. The predicted molar refractivity (Wildman–Crippen MR) is 127 cm³/mol. The van der Waals surface area contributed by atoms with Crippen molar-refractivity contribution in [3.8, 4) is 0 Å². The molecule has 0 aliphatic rings. The van der Waals surface area contributed by atoms with Gasteiger partial charge >= 0.3 is 18.9 Å². The van der Waals surface area contributed by atoms with Crippen molar-refractivity contribution in [1.82, 2.24) is 0 Å². The summed E-state index contributed by atoms with van der Waals surface area (Å²) in [4.78, 5) is 0. The number of rotatable bonds is 21. The summed E-state index contributed by atoms with van der Waals surface area (Å²) in [5.41, 5.74) is 0. The van der Waals surface area contributed by atoms with Crippen LogP contribution in [0.2, 0.25) is 4.28 Å². The zero-order valence-corrected chi connectivity index (χ0v) is 19.3. The molecule has 0 saturated carbocycles. The molecule has 0 aromatic carbocycles. The monoisotopic (exact) mass is 388 g/mol. The predicted octanol–water partition coefficient (Wildman–Crippen LogP) is 5.77. The largest absolute Gasteiger partial charge is 1.00 e. The van der Waals surface area contributed by atoms with Crippen molar-refractivity contribution >= 4 is 16.3 Å². The van der Waals surface area contributed by atoms with E-state index in [2.05, 4.69) is 20.8 Å². The maximum Gasteiger partial charge on any atom is 1.00 e. The van der Waals surface area contributed by atoms with Gasteiger partial charge in [-0.2, -0.15) is 4.28 Å². The molecule has 158 valence electrons. The van der Waals surface area contributed by atoms with E-state index in [0.717, 1.165) is 4.28 Å². The zero-order valence-electron chi connectivity index (χ0n) is 19.3. The maximum absolute atomic E-state index is 2.33. The van der Waals surface area contributed by atoms with E-state index in [1.54, 1.807) is 38.5 Å². The summed E-state index contributed by atoms with van der Waals surface area (Å²) in [6, 6.07) is 0. The number of hydrogen-bond acceptors (Lipinski definition) is 0. The van der Waals surface area contributed by atoms with Gasteiger partial charge in [0.25, 0.3) is 0 Å². The van der Waals surface area contributed by atoms with Crippen LogP contribution < -0.4 is 18.9 Å². The van der Waals surface area contributed by atoms with Gasteiger partial charge in [0.2, 0.25) is 0 Å². The Bertz CT molecular complexity index is 226. The topological polar surface area (TPSA) is 0 Å². The zero-order chi connectivity index (χ0) is 19.3. The van der Waals surface area contributed by atoms with Crippen LogP contribution in [0, 0.1) is 0 Å². The number of unbranched alkanes of at least 4 members (excludes halogenated alkanes) is 15. The quantitative estimate of drug-likeness (QED) is 0.173. The molecule has 0 fully saturated rings. The number of hydrogen-bond donors (Lipinski definition) is 0. The molecule has 0 unspecified atom stereocenters. The van der Waals surface area contributed by atoms with Gasteiger partial charge in [-0.05, 0) is 0 Å². The van der Waals surface area contributed by atoms with Crippen LogP contribution in [0.1, 0.15) is 156 Å². The molecule has 0 heterocycles. The van der Waals surface area contributed by atoms with Gasteiger partial charge in [-0.3, -0.25) is 0 Å². The van der Waals surface area contributed by atoms with E-state index in [1.165, 1.54) is 96.3 Å². The second-order valence-corrected chi connectivity index (χ2v) is 8.30. The molecule has 0 atom stereocenters. The Morgan fingerprint density at radius 1 is 0.407 bits per heavy atom. The SMILES string of the molecule is CCCCCCCC[C]([AlH3-])(CCCCCCCC)CCCCCCCC.[Li+]. The summed E-state index contributed by atoms with van der Waals surface area (Å²) in [5.74, 6) is 0. The van der Waals surface area contributed by atoms with Crippen molar-refractivity contribution in [2.24, 2.45) is 0 Å². The van der Waals surface area contributed by atoms with E-state index >= 15 is 0 Å². The van der Waals surface area contributed by atoms with Gasteiger partial charge in [0.15, 0.2) is 0 Å². The van der Waals surface area contributed by atoms with Crippen molar-refractivity contribution in [1.29, 1.82) is 0 Å². The molecule has 0 aromatic rings. The molecular formula is C25H54AlLi. The molecule has 0 rings (SSSR count). The second kappa shape index (κ2) is 23.4. The fourth-order valence-electron chi connectivity index (χ4n) is 3.84. The van der Waals surface area contributed by atoms with Gasteiger partial charge in [-0.1, -0.05) is 156 Å². The Kier molecular flexibility index (Phi) is 26.3. The Morgan fingerprint density at radius 3 is 0.889 bits per heavy atom. The van der Waals surface area contributed by atoms with E-state index in [-0.39, 0.29) is 18.9 Å². The Hall–Kier alpha value is 1.13. The van der Waals surface area contributed by atoms with Crippen molar-refractivity contribution < 1.29 is 18.9 Å². The fraction of sp³-hybridized carbons (Fsp3) is 1.00. The summed E-state index contributed by atoms with van der Waals surface area (Å²) in [5, 5.41) is 0. The van der Waals surface area contributed by atoms with Crippen molar-refractivity contribution in [3.63, 3.8) is 0 Å². The molecule has 2 heteroatoms. The van der Waals surface area contributed by atoms with E-state index in [1.807, 2.05) is 0 Å². The van der Waals surface area contributed by atoms with Gasteiger partial charge in [0.05, 0.1) is 16.3 Å². The molecule has 0 nitrogen and oxygen atoms in total. The summed E-state index contributed by atoms with van der Waals surface area (Å²) < 4.78 is 0.889. The van der Waals surface area contributed by atoms with E-state index in [4.69, 9.17) is 0 Å². The first-order valence-corrected chi connectivity index (χ1v) is 12.2. The standard InChI is InChI=1S/C25H51.Al.Li.3H/c1-4-7-10-13-16-19-22-25(23-20-17-14-11-8-5-2)24-21-18-15-12-9-6-3;;;;;/h4-24H2,1-3H3;;;;;/q;-1;+1;;;. The van der Waals surface area contributed by atoms with Gasteiger partial charge in [-0.15, -0.1) is 0 Å². The summed E-state index contributed by atoms with van der Waals surface area (Å²) in [7, 11) is 0. The van der Waals surface area contributed by atoms with E-state index in [9.17, 15) is 0 Å². The van der Waals surface area contributed by atoms with Crippen LogP contribution in [0.4, 0.5) is 0 Å². The van der Waals surface area contributed by atoms with Gasteiger partial charge in [-0.25, -0.2) is 0 Å². The third-order valence-corrected chi connectivity index (χ3v) is 5.65. The average Bonchev–Trinajstić information content (AvgIpc) is 2.64. The van der Waals surface area contributed by atoms with Crippen molar-refractivity contribution in [3.05, 3.63) is 0 Å². The third-order valence-electron chi connectivity index (χ3n) is 5.65. The van der Waals surface area contributed by atoms with Gasteiger partial charge < -0.3 is 0 Å². The Morgan fingerprint density at radius 2 is 0.630 bits per heavy atom. The van der Waals surface area contributed by atoms with E-state index < -0.39 is 0 Å². The van der Waals surface area contributed by atoms with Crippen LogP contribution in [0.25, 0.3) is 0 Å². The summed E-state index contributed by atoms with van der Waals surface area (Å²) >= 11 is 0.473. The second-order valence-electron chi connectivity index (χ2n) is 8.30. The van der Waals surface area contributed by atoms with Crippen LogP contribution in [-0.4, -0.2) is 16.3 Å². The molecule has 0 radical (unpaired) electrons. The van der Waals surface area contributed by atoms with Crippen LogP contribution in [0.5, 0.6) is 0 Å². The van der Waals surface area contributed by atoms with E-state index in [0.29, 0.717) is 16.3 Å². The minimum absolute atomic E-state index is 0. The minimum atomic E-state index is 0. The van der Waals surface area contributed by atoms with Crippen LogP contribution in [0.3, 0.4) is 0 Å². The molecule has 0 amide bonds. The normalized spacial score (nSPS) is 11.7. The molecule has 0 aromatic heterocycles. The first-order valence-electron chi connectivity index (χ1n) is 12.2. The van der Waals surface area contributed by atoms with Crippen molar-refractivity contribution in [2.75, 3.05) is 0 Å². The van der Waals surface area contributed by atoms with Gasteiger partial charge in [0, 0.05) is 0 Å². The van der Waals surface area contributed by atoms with Crippen LogP contribution in [-0.2, 0) is 0 Å². The van der Waals surface area contributed by atoms with Gasteiger partial charge in [0.1, 0.15) is 0 Å². The fourth-order valence-corrected chi connectivity index (χ4v) is 3.84. The molecule has 0 spiro atoms. The Balaban J connectivity index is 0. The molecule has 27 heavy (non-hydrogen) atoms. The molecular weight excluding hydrogens is 334 g/mol. The Labute approximate surface area is 194 Å². The van der Waals surface area contributed by atoms with Crippen molar-refractivity contribution in [2.45, 2.75) is 160 Å². The van der Waals surface area contributed by atoms with Crippen LogP contribution in [0.15, 0.2) is 0 Å². The average molecular weight is 389 g/mol. The molecule has 0 bridgehead atoms. The molecule has 0 saturated heterocycles. The minimum Gasteiger partial charge on any atom is -0.179 e. The smallest absolute Gasteiger partial charge is 0.179 e. The first kappa shape index (κ1) is 30.3.